The van der Waals surface area contributed by atoms with Crippen LogP contribution in [0, 0.1) is 6.92 Å². The lowest BCUT2D eigenvalue weighted by atomic mass is 10.3. The van der Waals surface area contributed by atoms with Gasteiger partial charge in [0.15, 0.2) is 0 Å². The van der Waals surface area contributed by atoms with E-state index < -0.39 is 10.0 Å². The van der Waals surface area contributed by atoms with Crippen molar-refractivity contribution in [3.63, 3.8) is 0 Å². The molecule has 0 bridgehead atoms. The molecule has 1 aromatic heterocycles. The number of hydrogen-bond donors (Lipinski definition) is 1. The van der Waals surface area contributed by atoms with E-state index in [1.165, 1.54) is 19.2 Å². The highest BCUT2D eigenvalue weighted by atomic mass is 79.9. The van der Waals surface area contributed by atoms with E-state index in [0.29, 0.717) is 10.2 Å². The van der Waals surface area contributed by atoms with Crippen LogP contribution in [0.25, 0.3) is 0 Å². The largest absolute Gasteiger partial charge is 0.496 e. The fourth-order valence-electron chi connectivity index (χ4n) is 1.89. The van der Waals surface area contributed by atoms with Crippen molar-refractivity contribution >= 4 is 26.0 Å². The molecule has 1 N–H and O–H groups in total. The molecule has 0 unspecified atom stereocenters. The van der Waals surface area contributed by atoms with E-state index >= 15 is 0 Å². The maximum atomic E-state index is 12.3. The van der Waals surface area contributed by atoms with Gasteiger partial charge in [-0.15, -0.1) is 0 Å². The Balaban J connectivity index is 2.18. The Bertz CT molecular complexity index is 756. The van der Waals surface area contributed by atoms with Crippen molar-refractivity contribution in [2.75, 3.05) is 7.11 Å². The minimum Gasteiger partial charge on any atom is -0.496 e. The highest BCUT2D eigenvalue weighted by molar-refractivity contribution is 9.10. The molecule has 1 aromatic carbocycles. The van der Waals surface area contributed by atoms with Crippen LogP contribution in [-0.2, 0) is 23.6 Å². The van der Waals surface area contributed by atoms with Crippen molar-refractivity contribution in [1.29, 1.82) is 0 Å². The van der Waals surface area contributed by atoms with Crippen molar-refractivity contribution < 1.29 is 13.2 Å². The summed E-state index contributed by atoms with van der Waals surface area (Å²) in [5, 5.41) is 4.18. The van der Waals surface area contributed by atoms with Crippen molar-refractivity contribution in [3.8, 4) is 5.75 Å². The third-order valence-corrected chi connectivity index (χ3v) is 5.02. The zero-order valence-electron chi connectivity index (χ0n) is 11.9. The predicted molar refractivity (Wildman–Crippen MR) is 82.7 cm³/mol. The minimum absolute atomic E-state index is 0.178. The van der Waals surface area contributed by atoms with E-state index in [1.54, 1.807) is 24.0 Å². The normalized spacial score (nSPS) is 11.6. The van der Waals surface area contributed by atoms with Crippen LogP contribution in [0.3, 0.4) is 0 Å². The summed E-state index contributed by atoms with van der Waals surface area (Å²) in [6.07, 6.45) is 1.79. The van der Waals surface area contributed by atoms with E-state index in [-0.39, 0.29) is 11.4 Å². The summed E-state index contributed by atoms with van der Waals surface area (Å²) < 4.78 is 34.4. The lowest BCUT2D eigenvalue weighted by Gasteiger charge is -2.08. The van der Waals surface area contributed by atoms with Crippen LogP contribution in [-0.4, -0.2) is 25.3 Å². The Morgan fingerprint density at radius 2 is 2.14 bits per heavy atom. The van der Waals surface area contributed by atoms with Gasteiger partial charge in [-0.2, -0.15) is 5.10 Å². The number of halogens is 1. The molecule has 0 aliphatic rings. The van der Waals surface area contributed by atoms with Crippen molar-refractivity contribution in [3.05, 3.63) is 40.1 Å². The van der Waals surface area contributed by atoms with Gasteiger partial charge in [-0.05, 0) is 41.1 Å². The first kappa shape index (κ1) is 16.0. The smallest absolute Gasteiger partial charge is 0.240 e. The van der Waals surface area contributed by atoms with Gasteiger partial charge in [0.1, 0.15) is 5.75 Å². The molecule has 114 valence electrons. The maximum Gasteiger partial charge on any atom is 0.240 e. The quantitative estimate of drug-likeness (QED) is 0.869. The average Bonchev–Trinajstić information content (AvgIpc) is 2.74. The Labute approximate surface area is 132 Å². The molecule has 1 heterocycles. The van der Waals surface area contributed by atoms with E-state index in [1.807, 2.05) is 6.92 Å². The van der Waals surface area contributed by atoms with E-state index in [2.05, 4.69) is 25.8 Å². The van der Waals surface area contributed by atoms with Crippen LogP contribution in [0.1, 0.15) is 11.3 Å². The summed E-state index contributed by atoms with van der Waals surface area (Å²) >= 11 is 3.28. The van der Waals surface area contributed by atoms with Gasteiger partial charge < -0.3 is 4.74 Å². The standard InChI is InChI=1S/C13H16BrN3O3S/c1-9-10(8-17(2)16-9)7-15-21(18,19)11-4-5-13(20-3)12(14)6-11/h4-6,8,15H,7H2,1-3H3. The van der Waals surface area contributed by atoms with Crippen molar-refractivity contribution in [1.82, 2.24) is 14.5 Å². The summed E-state index contributed by atoms with van der Waals surface area (Å²) in [5.41, 5.74) is 1.64. The highest BCUT2D eigenvalue weighted by Gasteiger charge is 2.16. The second-order valence-electron chi connectivity index (χ2n) is 4.53. The zero-order chi connectivity index (χ0) is 15.6. The number of ether oxygens (including phenoxy) is 1. The molecule has 0 amide bonds. The van der Waals surface area contributed by atoms with E-state index in [4.69, 9.17) is 4.74 Å². The van der Waals surface area contributed by atoms with Crippen LogP contribution in [0.4, 0.5) is 0 Å². The molecule has 0 saturated carbocycles. The Morgan fingerprint density at radius 1 is 1.43 bits per heavy atom. The molecule has 8 heteroatoms. The lowest BCUT2D eigenvalue weighted by molar-refractivity contribution is 0.411. The molecular weight excluding hydrogens is 358 g/mol. The Kier molecular flexibility index (Phi) is 4.70. The maximum absolute atomic E-state index is 12.3. The second-order valence-corrected chi connectivity index (χ2v) is 7.16. The molecule has 0 aliphatic carbocycles. The van der Waals surface area contributed by atoms with Crippen LogP contribution in [0.2, 0.25) is 0 Å². The third kappa shape index (κ3) is 3.63. The molecule has 0 atom stereocenters. The van der Waals surface area contributed by atoms with Crippen LogP contribution >= 0.6 is 15.9 Å². The topological polar surface area (TPSA) is 73.2 Å². The van der Waals surface area contributed by atoms with Crippen LogP contribution < -0.4 is 9.46 Å². The van der Waals surface area contributed by atoms with Gasteiger partial charge in [0, 0.05) is 25.4 Å². The summed E-state index contributed by atoms with van der Waals surface area (Å²) in [5.74, 6) is 0.581. The average molecular weight is 374 g/mol. The molecule has 0 aliphatic heterocycles. The molecule has 2 rings (SSSR count). The van der Waals surface area contributed by atoms with Crippen LogP contribution in [0.15, 0.2) is 33.8 Å². The first-order valence-electron chi connectivity index (χ1n) is 6.16. The molecule has 6 nitrogen and oxygen atoms in total. The van der Waals surface area contributed by atoms with Crippen LogP contribution in [0.5, 0.6) is 5.75 Å². The lowest BCUT2D eigenvalue weighted by Crippen LogP contribution is -2.23. The Morgan fingerprint density at radius 3 is 2.67 bits per heavy atom. The second kappa shape index (κ2) is 6.17. The predicted octanol–water partition coefficient (Wildman–Crippen LogP) is 1.98. The van der Waals surface area contributed by atoms with Gasteiger partial charge >= 0.3 is 0 Å². The number of benzene rings is 1. The summed E-state index contributed by atoms with van der Waals surface area (Å²) in [7, 11) is -0.263. The molecule has 0 fully saturated rings. The molecule has 0 radical (unpaired) electrons. The number of rotatable bonds is 5. The molecule has 0 saturated heterocycles. The monoisotopic (exact) mass is 373 g/mol. The summed E-state index contributed by atoms with van der Waals surface area (Å²) in [6.45, 7) is 2.04. The number of aryl methyl sites for hydroxylation is 2. The number of hydrogen-bond acceptors (Lipinski definition) is 4. The van der Waals surface area contributed by atoms with Crippen molar-refractivity contribution in [2.45, 2.75) is 18.4 Å². The summed E-state index contributed by atoms with van der Waals surface area (Å²) in [4.78, 5) is 0.178. The number of aromatic nitrogens is 2. The van der Waals surface area contributed by atoms with Gasteiger partial charge in [-0.1, -0.05) is 0 Å². The molecular formula is C13H16BrN3O3S. The molecule has 21 heavy (non-hydrogen) atoms. The number of nitrogens with zero attached hydrogens (tertiary/aromatic N) is 2. The fraction of sp³-hybridized carbons (Fsp3) is 0.308. The zero-order valence-corrected chi connectivity index (χ0v) is 14.3. The van der Waals surface area contributed by atoms with E-state index in [9.17, 15) is 8.42 Å². The first-order chi connectivity index (χ1) is 9.83. The first-order valence-corrected chi connectivity index (χ1v) is 8.43. The van der Waals surface area contributed by atoms with Crippen molar-refractivity contribution in [2.24, 2.45) is 7.05 Å². The van der Waals surface area contributed by atoms with Gasteiger partial charge in [0.05, 0.1) is 22.2 Å². The van der Waals surface area contributed by atoms with Gasteiger partial charge in [0.2, 0.25) is 10.0 Å². The third-order valence-electron chi connectivity index (χ3n) is 3.00. The van der Waals surface area contributed by atoms with Gasteiger partial charge in [-0.25, -0.2) is 13.1 Å². The minimum atomic E-state index is -3.59. The summed E-state index contributed by atoms with van der Waals surface area (Å²) in [6, 6.07) is 4.62. The number of sulfonamides is 1. The fourth-order valence-corrected chi connectivity index (χ4v) is 3.62. The van der Waals surface area contributed by atoms with E-state index in [0.717, 1.165) is 11.3 Å². The van der Waals surface area contributed by atoms with Gasteiger partial charge in [-0.3, -0.25) is 4.68 Å². The SMILES string of the molecule is COc1ccc(S(=O)(=O)NCc2cn(C)nc2C)cc1Br. The number of nitrogens with one attached hydrogen (secondary N) is 1. The molecule has 2 aromatic rings. The van der Waals surface area contributed by atoms with Gasteiger partial charge in [0.25, 0.3) is 0 Å². The Hall–Kier alpha value is -1.38. The molecule has 0 spiro atoms. The highest BCUT2D eigenvalue weighted by Crippen LogP contribution is 2.27. The number of methoxy groups -OCH3 is 1.